The number of aromatic nitrogens is 2. The normalized spacial score (nSPS) is 19.8. The third-order valence-corrected chi connectivity index (χ3v) is 15.0. The van der Waals surface area contributed by atoms with Gasteiger partial charge in [0.05, 0.1) is 44.9 Å². The minimum atomic E-state index is -3.59. The molecule has 8 rings (SSSR count). The number of nitrogens with zero attached hydrogens (tertiary/aromatic N) is 5. The van der Waals surface area contributed by atoms with Crippen molar-refractivity contribution in [2.24, 2.45) is 5.92 Å². The Morgan fingerprint density at radius 3 is 2.38 bits per heavy atom. The number of anilines is 6. The molecule has 344 valence electrons. The van der Waals surface area contributed by atoms with Crippen molar-refractivity contribution in [2.75, 3.05) is 53.6 Å². The molecule has 3 saturated heterocycles. The number of hydrogen-bond donors (Lipinski definition) is 4. The van der Waals surface area contributed by atoms with Crippen LogP contribution in [0.3, 0.4) is 0 Å². The fraction of sp³-hybridized carbons (Fsp3) is 0.447. The van der Waals surface area contributed by atoms with E-state index in [4.69, 9.17) is 16.3 Å². The van der Waals surface area contributed by atoms with Crippen LogP contribution >= 0.6 is 11.6 Å². The van der Waals surface area contributed by atoms with Gasteiger partial charge < -0.3 is 30.5 Å². The number of benzene rings is 3. The number of rotatable bonds is 14. The lowest BCUT2D eigenvalue weighted by molar-refractivity contribution is -0.136. The number of piperidine rings is 3. The number of imide groups is 2. The number of carbonyl (C=O) groups is 4. The molecule has 4 N–H and O–H groups in total. The van der Waals surface area contributed by atoms with Crippen molar-refractivity contribution >= 4 is 79.6 Å². The highest BCUT2D eigenvalue weighted by molar-refractivity contribution is 7.92. The van der Waals surface area contributed by atoms with Gasteiger partial charge >= 0.3 is 0 Å². The van der Waals surface area contributed by atoms with Crippen molar-refractivity contribution in [3.8, 4) is 5.75 Å². The molecule has 4 amide bonds. The summed E-state index contributed by atoms with van der Waals surface area (Å²) in [5.74, 6) is -0.341. The molecular formula is C47H56ClN9O7S. The van der Waals surface area contributed by atoms with E-state index in [0.29, 0.717) is 23.0 Å². The largest absolute Gasteiger partial charge is 0.489 e. The lowest BCUT2D eigenvalue weighted by atomic mass is 9.94. The number of halogens is 1. The molecule has 0 bridgehead atoms. The van der Waals surface area contributed by atoms with E-state index in [9.17, 15) is 27.6 Å². The minimum Gasteiger partial charge on any atom is -0.489 e. The predicted molar refractivity (Wildman–Crippen MR) is 250 cm³/mol. The van der Waals surface area contributed by atoms with Crippen molar-refractivity contribution in [1.29, 1.82) is 0 Å². The van der Waals surface area contributed by atoms with Crippen molar-refractivity contribution in [1.82, 2.24) is 25.1 Å². The Balaban J connectivity index is 0.882. The van der Waals surface area contributed by atoms with Gasteiger partial charge in [-0.2, -0.15) is 4.98 Å². The molecule has 4 aliphatic heterocycles. The molecule has 2 atom stereocenters. The quantitative estimate of drug-likeness (QED) is 0.0937. The van der Waals surface area contributed by atoms with Crippen LogP contribution in [0.2, 0.25) is 5.02 Å². The van der Waals surface area contributed by atoms with Crippen LogP contribution in [0.15, 0.2) is 65.7 Å². The van der Waals surface area contributed by atoms with E-state index in [1.165, 1.54) is 6.20 Å². The number of nitrogens with one attached hydrogen (secondary N) is 4. The zero-order valence-electron chi connectivity index (χ0n) is 37.3. The SMILES string of the molecule is Cc1cc(Nc2ncc(Cl)c(Nc3ccccc3S(=O)(=O)C(C)C)n2)c(OC(C)C)cc1N1CCC(CN2CCC[C@@H](Nc3ccc4c(c3)C(=O)N(C3CCC(=O)NC3=O)C4=O)C2)CC1. The maximum atomic E-state index is 13.4. The van der Waals surface area contributed by atoms with Crippen LogP contribution in [0, 0.1) is 12.8 Å². The van der Waals surface area contributed by atoms with E-state index in [0.717, 1.165) is 80.2 Å². The summed E-state index contributed by atoms with van der Waals surface area (Å²) in [5.41, 5.74) is 4.52. The molecule has 18 heteroatoms. The zero-order valence-corrected chi connectivity index (χ0v) is 38.9. The van der Waals surface area contributed by atoms with Gasteiger partial charge in [0.2, 0.25) is 17.8 Å². The summed E-state index contributed by atoms with van der Waals surface area (Å²) in [7, 11) is -3.59. The molecule has 0 aliphatic carbocycles. The third kappa shape index (κ3) is 9.92. The number of fused-ring (bicyclic) bond motifs is 1. The second-order valence-corrected chi connectivity index (χ2v) is 20.8. The molecule has 4 aliphatic rings. The summed E-state index contributed by atoms with van der Waals surface area (Å²) in [6.45, 7) is 14.0. The van der Waals surface area contributed by atoms with Gasteiger partial charge in [-0.1, -0.05) is 23.7 Å². The Hall–Kier alpha value is -5.78. The Morgan fingerprint density at radius 2 is 1.65 bits per heavy atom. The van der Waals surface area contributed by atoms with Gasteiger partial charge in [-0.15, -0.1) is 0 Å². The minimum absolute atomic E-state index is 0.0781. The van der Waals surface area contributed by atoms with Gasteiger partial charge in [0, 0.05) is 56.1 Å². The van der Waals surface area contributed by atoms with Gasteiger partial charge in [-0.3, -0.25) is 29.4 Å². The van der Waals surface area contributed by atoms with Crippen LogP contribution in [0.25, 0.3) is 0 Å². The second kappa shape index (κ2) is 19.0. The molecule has 16 nitrogen and oxygen atoms in total. The number of sulfone groups is 1. The maximum Gasteiger partial charge on any atom is 0.262 e. The number of para-hydroxylation sites is 1. The fourth-order valence-electron chi connectivity index (χ4n) is 9.16. The summed E-state index contributed by atoms with van der Waals surface area (Å²) in [6, 6.07) is 15.2. The lowest BCUT2D eigenvalue weighted by Crippen LogP contribution is -2.54. The van der Waals surface area contributed by atoms with Gasteiger partial charge in [-0.05, 0) is 121 Å². The predicted octanol–water partition coefficient (Wildman–Crippen LogP) is 7.09. The molecule has 1 aromatic heterocycles. The molecule has 1 unspecified atom stereocenters. The van der Waals surface area contributed by atoms with E-state index in [1.54, 1.807) is 50.2 Å². The van der Waals surface area contributed by atoms with E-state index < -0.39 is 44.8 Å². The van der Waals surface area contributed by atoms with Gasteiger partial charge in [0.1, 0.15) is 16.8 Å². The number of aryl methyl sites for hydroxylation is 1. The molecule has 5 heterocycles. The summed E-state index contributed by atoms with van der Waals surface area (Å²) in [4.78, 5) is 66.0. The maximum absolute atomic E-state index is 13.4. The van der Waals surface area contributed by atoms with Crippen LogP contribution in [-0.2, 0) is 19.4 Å². The molecule has 3 fully saturated rings. The van der Waals surface area contributed by atoms with E-state index in [-0.39, 0.29) is 57.8 Å². The molecule has 0 spiro atoms. The van der Waals surface area contributed by atoms with Crippen LogP contribution in [0.4, 0.5) is 34.5 Å². The van der Waals surface area contributed by atoms with Gasteiger partial charge in [-0.25, -0.2) is 13.4 Å². The average molecular weight is 927 g/mol. The first-order chi connectivity index (χ1) is 31.0. The first-order valence-corrected chi connectivity index (χ1v) is 24.3. The van der Waals surface area contributed by atoms with Crippen LogP contribution < -0.4 is 30.9 Å². The molecular weight excluding hydrogens is 870 g/mol. The average Bonchev–Trinajstić information content (AvgIpc) is 3.51. The second-order valence-electron chi connectivity index (χ2n) is 17.9. The molecule has 65 heavy (non-hydrogen) atoms. The fourth-order valence-corrected chi connectivity index (χ4v) is 10.5. The van der Waals surface area contributed by atoms with Crippen LogP contribution in [-0.4, -0.2) is 108 Å². The van der Waals surface area contributed by atoms with E-state index in [1.807, 2.05) is 26.0 Å². The Labute approximate surface area is 384 Å². The summed E-state index contributed by atoms with van der Waals surface area (Å²) < 4.78 is 32.6. The van der Waals surface area contributed by atoms with Crippen molar-refractivity contribution < 1.29 is 32.3 Å². The van der Waals surface area contributed by atoms with Crippen molar-refractivity contribution in [3.63, 3.8) is 0 Å². The number of amides is 4. The third-order valence-electron chi connectivity index (χ3n) is 12.5. The topological polar surface area (TPSA) is 195 Å². The zero-order chi connectivity index (χ0) is 46.2. The van der Waals surface area contributed by atoms with Gasteiger partial charge in [0.25, 0.3) is 11.8 Å². The Kier molecular flexibility index (Phi) is 13.4. The Bertz CT molecular complexity index is 2620. The highest BCUT2D eigenvalue weighted by Gasteiger charge is 2.45. The summed E-state index contributed by atoms with van der Waals surface area (Å²) in [6.07, 6.45) is 5.65. The van der Waals surface area contributed by atoms with Crippen molar-refractivity contribution in [2.45, 2.75) is 101 Å². The molecule has 0 saturated carbocycles. The molecule has 4 aromatic rings. The van der Waals surface area contributed by atoms with Crippen LogP contribution in [0.5, 0.6) is 5.75 Å². The van der Waals surface area contributed by atoms with E-state index in [2.05, 4.69) is 54.0 Å². The Morgan fingerprint density at radius 1 is 0.892 bits per heavy atom. The lowest BCUT2D eigenvalue weighted by Gasteiger charge is -2.39. The number of hydrogen-bond acceptors (Lipinski definition) is 14. The number of likely N-dealkylation sites (tertiary alicyclic amines) is 1. The van der Waals surface area contributed by atoms with Crippen molar-refractivity contribution in [3.05, 3.63) is 82.5 Å². The molecule has 0 radical (unpaired) electrons. The first kappa shape index (κ1) is 45.8. The number of ether oxygens (including phenoxy) is 1. The number of carbonyl (C=O) groups excluding carboxylic acids is 4. The monoisotopic (exact) mass is 925 g/mol. The van der Waals surface area contributed by atoms with E-state index >= 15 is 0 Å². The highest BCUT2D eigenvalue weighted by Crippen LogP contribution is 2.38. The first-order valence-electron chi connectivity index (χ1n) is 22.4. The summed E-state index contributed by atoms with van der Waals surface area (Å²) >= 11 is 6.53. The van der Waals surface area contributed by atoms with Gasteiger partial charge in [0.15, 0.2) is 15.7 Å². The summed E-state index contributed by atoms with van der Waals surface area (Å²) in [5, 5.41) is 11.9. The smallest absolute Gasteiger partial charge is 0.262 e. The van der Waals surface area contributed by atoms with Crippen LogP contribution in [0.1, 0.15) is 92.5 Å². The molecule has 3 aromatic carbocycles. The highest BCUT2D eigenvalue weighted by atomic mass is 35.5. The standard InChI is InChI=1S/C47H56ClN9O7S/c1-27(2)64-40-23-39(29(5)21-37(40)52-47-49-24-35(48)43(54-47)51-36-10-6-7-11-41(36)65(62,63)28(3)4)56-19-16-30(17-20-56)25-55-18-8-9-32(26-55)50-31-12-13-33-34(22-31)46(61)57(45(33)60)38-14-15-42(58)53-44(38)59/h6-7,10-13,21-24,27-28,30,32,38,50H,8-9,14-20,25-26H2,1-5H3,(H,53,58,59)(H2,49,51,52,54)/t32-,38?/m1/s1.